The third kappa shape index (κ3) is 1.82. The lowest BCUT2D eigenvalue weighted by Crippen LogP contribution is -1.90. The van der Waals surface area contributed by atoms with Gasteiger partial charge in [-0.2, -0.15) is 0 Å². The number of alkyl halides is 1. The molecule has 0 aromatic heterocycles. The fourth-order valence-corrected chi connectivity index (χ4v) is 1.30. The van der Waals surface area contributed by atoms with Gasteiger partial charge < -0.3 is 4.74 Å². The summed E-state index contributed by atoms with van der Waals surface area (Å²) < 4.78 is 17.8. The average Bonchev–Trinajstić information content (AvgIpc) is 2.08. The fraction of sp³-hybridized carbons (Fsp3) is 0.250. The molecular formula is C8H7Cl2FO. The second-order valence-electron chi connectivity index (χ2n) is 2.21. The lowest BCUT2D eigenvalue weighted by molar-refractivity contribution is 0.411. The Bertz CT molecular complexity index is 259. The van der Waals surface area contributed by atoms with Crippen molar-refractivity contribution in [2.75, 3.05) is 7.11 Å². The first-order chi connectivity index (χ1) is 5.69. The van der Waals surface area contributed by atoms with Gasteiger partial charge in [-0.1, -0.05) is 11.6 Å². The first-order valence-electron chi connectivity index (χ1n) is 3.27. The Labute approximate surface area is 80.0 Å². The molecule has 0 unspecified atom stereocenters. The van der Waals surface area contributed by atoms with Crippen LogP contribution in [0.15, 0.2) is 12.1 Å². The summed E-state index contributed by atoms with van der Waals surface area (Å²) in [5, 5.41) is 0.370. The third-order valence-corrected chi connectivity index (χ3v) is 2.05. The summed E-state index contributed by atoms with van der Waals surface area (Å²) in [6.07, 6.45) is 0. The van der Waals surface area contributed by atoms with Gasteiger partial charge in [0.05, 0.1) is 18.0 Å². The highest BCUT2D eigenvalue weighted by molar-refractivity contribution is 6.32. The van der Waals surface area contributed by atoms with E-state index in [-0.39, 0.29) is 5.88 Å². The Morgan fingerprint density at radius 3 is 2.67 bits per heavy atom. The van der Waals surface area contributed by atoms with Crippen molar-refractivity contribution in [1.29, 1.82) is 0 Å². The van der Waals surface area contributed by atoms with Crippen molar-refractivity contribution in [3.05, 3.63) is 28.5 Å². The number of hydrogen-bond donors (Lipinski definition) is 0. The standard InChI is InChI=1S/C8H7Cl2FO/c1-12-8-3-7(11)5(4-9)2-6(8)10/h2-3H,4H2,1H3. The molecule has 0 aliphatic carbocycles. The minimum absolute atomic E-state index is 0.107. The molecule has 1 aromatic rings. The van der Waals surface area contributed by atoms with Crippen molar-refractivity contribution < 1.29 is 9.13 Å². The lowest BCUT2D eigenvalue weighted by atomic mass is 10.2. The van der Waals surface area contributed by atoms with Crippen LogP contribution in [0.25, 0.3) is 0 Å². The van der Waals surface area contributed by atoms with Crippen LogP contribution in [0.5, 0.6) is 5.75 Å². The van der Waals surface area contributed by atoms with Crippen LogP contribution in [0.1, 0.15) is 5.56 Å². The number of benzene rings is 1. The second kappa shape index (κ2) is 3.97. The Morgan fingerprint density at radius 1 is 1.50 bits per heavy atom. The maximum atomic E-state index is 13.0. The molecule has 1 aromatic carbocycles. The highest BCUT2D eigenvalue weighted by Gasteiger charge is 2.07. The van der Waals surface area contributed by atoms with Crippen molar-refractivity contribution >= 4 is 23.2 Å². The van der Waals surface area contributed by atoms with Crippen LogP contribution in [0.2, 0.25) is 5.02 Å². The molecule has 0 spiro atoms. The third-order valence-electron chi connectivity index (χ3n) is 1.46. The number of methoxy groups -OCH3 is 1. The molecule has 66 valence electrons. The quantitative estimate of drug-likeness (QED) is 0.679. The van der Waals surface area contributed by atoms with Crippen LogP contribution >= 0.6 is 23.2 Å². The van der Waals surface area contributed by atoms with Crippen LogP contribution in [-0.4, -0.2) is 7.11 Å². The summed E-state index contributed by atoms with van der Waals surface area (Å²) >= 11 is 11.2. The Kier molecular flexibility index (Phi) is 3.18. The fourth-order valence-electron chi connectivity index (χ4n) is 0.829. The number of hydrogen-bond acceptors (Lipinski definition) is 1. The predicted octanol–water partition coefficient (Wildman–Crippen LogP) is 3.23. The molecular weight excluding hydrogens is 202 g/mol. The highest BCUT2D eigenvalue weighted by atomic mass is 35.5. The van der Waals surface area contributed by atoms with E-state index in [0.29, 0.717) is 16.3 Å². The molecule has 0 saturated carbocycles. The van der Waals surface area contributed by atoms with Crippen LogP contribution in [0.4, 0.5) is 4.39 Å². The van der Waals surface area contributed by atoms with E-state index < -0.39 is 5.82 Å². The van der Waals surface area contributed by atoms with Gasteiger partial charge in [-0.25, -0.2) is 4.39 Å². The second-order valence-corrected chi connectivity index (χ2v) is 2.89. The molecule has 0 aliphatic heterocycles. The molecule has 0 N–H and O–H groups in total. The van der Waals surface area contributed by atoms with Gasteiger partial charge in [0.25, 0.3) is 0 Å². The molecule has 0 fully saturated rings. The van der Waals surface area contributed by atoms with Gasteiger partial charge in [0, 0.05) is 11.6 Å². The Morgan fingerprint density at radius 2 is 2.17 bits per heavy atom. The summed E-state index contributed by atoms with van der Waals surface area (Å²) in [6.45, 7) is 0. The van der Waals surface area contributed by atoms with Gasteiger partial charge in [0.1, 0.15) is 11.6 Å². The summed E-state index contributed by atoms with van der Waals surface area (Å²) in [6, 6.07) is 2.68. The van der Waals surface area contributed by atoms with Crippen molar-refractivity contribution in [3.63, 3.8) is 0 Å². The molecule has 0 heterocycles. The highest BCUT2D eigenvalue weighted by Crippen LogP contribution is 2.27. The number of ether oxygens (including phenoxy) is 1. The summed E-state index contributed by atoms with van der Waals surface area (Å²) in [7, 11) is 1.43. The smallest absolute Gasteiger partial charge is 0.140 e. The molecule has 0 saturated heterocycles. The van der Waals surface area contributed by atoms with Crippen LogP contribution < -0.4 is 4.74 Å². The Hall–Kier alpha value is -0.470. The van der Waals surface area contributed by atoms with E-state index in [1.54, 1.807) is 0 Å². The van der Waals surface area contributed by atoms with E-state index in [9.17, 15) is 4.39 Å². The minimum atomic E-state index is -0.397. The van der Waals surface area contributed by atoms with E-state index in [2.05, 4.69) is 0 Å². The van der Waals surface area contributed by atoms with Crippen molar-refractivity contribution in [3.8, 4) is 5.75 Å². The predicted molar refractivity (Wildman–Crippen MR) is 47.5 cm³/mol. The zero-order chi connectivity index (χ0) is 9.14. The Balaban J connectivity index is 3.16. The zero-order valence-electron chi connectivity index (χ0n) is 6.40. The van der Waals surface area contributed by atoms with Gasteiger partial charge in [-0.15, -0.1) is 11.6 Å². The lowest BCUT2D eigenvalue weighted by Gasteiger charge is -2.05. The average molecular weight is 209 g/mol. The molecule has 0 radical (unpaired) electrons. The molecule has 0 amide bonds. The molecule has 0 aliphatic rings. The molecule has 1 rings (SSSR count). The van der Waals surface area contributed by atoms with Gasteiger partial charge >= 0.3 is 0 Å². The SMILES string of the molecule is COc1cc(F)c(CCl)cc1Cl. The van der Waals surface area contributed by atoms with Gasteiger partial charge in [0.2, 0.25) is 0 Å². The maximum absolute atomic E-state index is 13.0. The molecule has 1 nitrogen and oxygen atoms in total. The summed E-state index contributed by atoms with van der Waals surface area (Å²) in [4.78, 5) is 0. The van der Waals surface area contributed by atoms with Gasteiger partial charge in [-0.3, -0.25) is 0 Å². The number of rotatable bonds is 2. The van der Waals surface area contributed by atoms with E-state index in [4.69, 9.17) is 27.9 Å². The van der Waals surface area contributed by atoms with E-state index in [1.165, 1.54) is 19.2 Å². The molecule has 0 atom stereocenters. The van der Waals surface area contributed by atoms with Crippen molar-refractivity contribution in [1.82, 2.24) is 0 Å². The first kappa shape index (κ1) is 9.62. The van der Waals surface area contributed by atoms with Gasteiger partial charge in [-0.05, 0) is 6.07 Å². The normalized spacial score (nSPS) is 10.0. The van der Waals surface area contributed by atoms with E-state index in [1.807, 2.05) is 0 Å². The van der Waals surface area contributed by atoms with Crippen LogP contribution in [0, 0.1) is 5.82 Å². The van der Waals surface area contributed by atoms with Crippen LogP contribution in [-0.2, 0) is 5.88 Å². The van der Waals surface area contributed by atoms with E-state index >= 15 is 0 Å². The molecule has 12 heavy (non-hydrogen) atoms. The van der Waals surface area contributed by atoms with Crippen LogP contribution in [0.3, 0.4) is 0 Å². The first-order valence-corrected chi connectivity index (χ1v) is 4.18. The summed E-state index contributed by atoms with van der Waals surface area (Å²) in [5.74, 6) is 0.0320. The molecule has 4 heteroatoms. The monoisotopic (exact) mass is 208 g/mol. The minimum Gasteiger partial charge on any atom is -0.495 e. The topological polar surface area (TPSA) is 9.23 Å². The zero-order valence-corrected chi connectivity index (χ0v) is 7.92. The summed E-state index contributed by atoms with van der Waals surface area (Å²) in [5.41, 5.74) is 0.377. The largest absolute Gasteiger partial charge is 0.495 e. The van der Waals surface area contributed by atoms with E-state index in [0.717, 1.165) is 0 Å². The molecule has 0 bridgehead atoms. The van der Waals surface area contributed by atoms with Gasteiger partial charge in [0.15, 0.2) is 0 Å². The van der Waals surface area contributed by atoms with Crippen molar-refractivity contribution in [2.45, 2.75) is 5.88 Å². The number of halogens is 3. The maximum Gasteiger partial charge on any atom is 0.140 e. The van der Waals surface area contributed by atoms with Crippen molar-refractivity contribution in [2.24, 2.45) is 0 Å².